The van der Waals surface area contributed by atoms with Crippen molar-refractivity contribution in [3.05, 3.63) is 35.9 Å². The Morgan fingerprint density at radius 2 is 1.92 bits per heavy atom. The highest BCUT2D eigenvalue weighted by Crippen LogP contribution is 2.04. The van der Waals surface area contributed by atoms with Gasteiger partial charge in [-0.1, -0.05) is 41.9 Å². The molecule has 70 valence electrons. The summed E-state index contributed by atoms with van der Waals surface area (Å²) in [4.78, 5) is 4.25. The Labute approximate surface area is 84.5 Å². The zero-order valence-electron chi connectivity index (χ0n) is 8.00. The highest BCUT2D eigenvalue weighted by atomic mass is 35.5. The van der Waals surface area contributed by atoms with E-state index in [0.717, 1.165) is 6.42 Å². The molecule has 0 radical (unpaired) electrons. The summed E-state index contributed by atoms with van der Waals surface area (Å²) in [6, 6.07) is 10.4. The maximum absolute atomic E-state index is 5.96. The number of hydrogen-bond acceptors (Lipinski definition) is 1. The van der Waals surface area contributed by atoms with Gasteiger partial charge in [-0.2, -0.15) is 0 Å². The van der Waals surface area contributed by atoms with Gasteiger partial charge in [0.05, 0.1) is 0 Å². The van der Waals surface area contributed by atoms with Crippen LogP contribution in [0, 0.1) is 0 Å². The molecule has 0 aliphatic rings. The average molecular weight is 196 g/mol. The van der Waals surface area contributed by atoms with E-state index in [0.29, 0.717) is 5.17 Å². The highest BCUT2D eigenvalue weighted by Gasteiger charge is 1.97. The van der Waals surface area contributed by atoms with Crippen LogP contribution in [0.25, 0.3) is 0 Å². The summed E-state index contributed by atoms with van der Waals surface area (Å²) < 4.78 is 0. The molecule has 2 heteroatoms. The third kappa shape index (κ3) is 4.09. The minimum Gasteiger partial charge on any atom is -0.274 e. The summed E-state index contributed by atoms with van der Waals surface area (Å²) >= 11 is 5.96. The summed E-state index contributed by atoms with van der Waals surface area (Å²) in [7, 11) is 0. The van der Waals surface area contributed by atoms with Crippen molar-refractivity contribution >= 4 is 16.8 Å². The first-order valence-corrected chi connectivity index (χ1v) is 4.82. The largest absolute Gasteiger partial charge is 0.274 e. The van der Waals surface area contributed by atoms with Crippen LogP contribution >= 0.6 is 11.6 Å². The first kappa shape index (κ1) is 10.3. The van der Waals surface area contributed by atoms with Gasteiger partial charge in [0.1, 0.15) is 5.17 Å². The molecule has 0 aromatic heterocycles. The van der Waals surface area contributed by atoms with Crippen molar-refractivity contribution in [2.45, 2.75) is 26.3 Å². The Morgan fingerprint density at radius 3 is 2.46 bits per heavy atom. The fraction of sp³-hybridized carbons (Fsp3) is 0.364. The molecule has 0 unspecified atom stereocenters. The number of nitrogens with zero attached hydrogens (tertiary/aromatic N) is 1. The lowest BCUT2D eigenvalue weighted by molar-refractivity contribution is 0.836. The van der Waals surface area contributed by atoms with Crippen LogP contribution in [0.1, 0.15) is 19.4 Å². The van der Waals surface area contributed by atoms with Gasteiger partial charge in [0.15, 0.2) is 0 Å². The Hall–Kier alpha value is -0.820. The van der Waals surface area contributed by atoms with Gasteiger partial charge in [-0.25, -0.2) is 0 Å². The summed E-state index contributed by atoms with van der Waals surface area (Å²) in [5.41, 5.74) is 1.21. The van der Waals surface area contributed by atoms with Crippen LogP contribution in [0.2, 0.25) is 0 Å². The molecule has 0 saturated carbocycles. The van der Waals surface area contributed by atoms with E-state index in [-0.39, 0.29) is 6.04 Å². The van der Waals surface area contributed by atoms with E-state index < -0.39 is 0 Å². The smallest absolute Gasteiger partial charge is 0.105 e. The molecule has 0 heterocycles. The fourth-order valence-corrected chi connectivity index (χ4v) is 1.44. The van der Waals surface area contributed by atoms with Crippen LogP contribution in [0.4, 0.5) is 0 Å². The summed E-state index contributed by atoms with van der Waals surface area (Å²) in [6.45, 7) is 4.04. The van der Waals surface area contributed by atoms with E-state index in [1.165, 1.54) is 5.56 Å². The van der Waals surface area contributed by atoms with Crippen molar-refractivity contribution < 1.29 is 0 Å². The van der Waals surface area contributed by atoms with E-state index in [4.69, 9.17) is 11.6 Å². The van der Waals surface area contributed by atoms with Gasteiger partial charge in [-0.3, -0.25) is 4.99 Å². The second-order valence-corrected chi connectivity index (χ2v) is 3.70. The lowest BCUT2D eigenvalue weighted by Crippen LogP contribution is -1.99. The van der Waals surface area contributed by atoms with Gasteiger partial charge in [0, 0.05) is 12.5 Å². The van der Waals surface area contributed by atoms with Gasteiger partial charge in [-0.05, 0) is 19.4 Å². The van der Waals surface area contributed by atoms with Gasteiger partial charge >= 0.3 is 0 Å². The average Bonchev–Trinajstić information content (AvgIpc) is 2.04. The Balaban J connectivity index is 2.60. The van der Waals surface area contributed by atoms with E-state index >= 15 is 0 Å². The Morgan fingerprint density at radius 1 is 1.31 bits per heavy atom. The molecule has 13 heavy (non-hydrogen) atoms. The van der Waals surface area contributed by atoms with E-state index in [1.54, 1.807) is 0 Å². The second kappa shape index (κ2) is 5.03. The van der Waals surface area contributed by atoms with Crippen LogP contribution in [0.15, 0.2) is 35.3 Å². The van der Waals surface area contributed by atoms with Crippen LogP contribution in [0.3, 0.4) is 0 Å². The molecular formula is C11H14ClN. The lowest BCUT2D eigenvalue weighted by atomic mass is 10.2. The molecule has 0 bridgehead atoms. The third-order valence-electron chi connectivity index (χ3n) is 1.59. The quantitative estimate of drug-likeness (QED) is 0.657. The third-order valence-corrected chi connectivity index (χ3v) is 1.82. The number of hydrogen-bond donors (Lipinski definition) is 0. The van der Waals surface area contributed by atoms with E-state index in [9.17, 15) is 0 Å². The van der Waals surface area contributed by atoms with Crippen LogP contribution < -0.4 is 0 Å². The predicted octanol–water partition coefficient (Wildman–Crippen LogP) is 3.27. The van der Waals surface area contributed by atoms with E-state index in [2.05, 4.69) is 17.1 Å². The molecule has 1 aromatic rings. The molecule has 1 rings (SSSR count). The first-order valence-electron chi connectivity index (χ1n) is 4.44. The van der Waals surface area contributed by atoms with Gasteiger partial charge in [-0.15, -0.1) is 0 Å². The molecule has 0 aliphatic heterocycles. The standard InChI is InChI=1S/C11H14ClN/c1-9(2)13-11(12)8-10-6-4-3-5-7-10/h3-7,9H,8H2,1-2H3. The molecule has 0 spiro atoms. The maximum atomic E-state index is 5.96. The summed E-state index contributed by atoms with van der Waals surface area (Å²) in [5.74, 6) is 0. The molecule has 0 fully saturated rings. The maximum Gasteiger partial charge on any atom is 0.105 e. The Kier molecular flexibility index (Phi) is 3.97. The Bertz CT molecular complexity index is 277. The molecule has 0 atom stereocenters. The van der Waals surface area contributed by atoms with Crippen molar-refractivity contribution in [3.63, 3.8) is 0 Å². The summed E-state index contributed by atoms with van der Waals surface area (Å²) in [5, 5.41) is 0.682. The van der Waals surface area contributed by atoms with Gasteiger partial charge < -0.3 is 0 Å². The molecule has 0 N–H and O–H groups in total. The minimum atomic E-state index is 0.274. The SMILES string of the molecule is CC(C)N=C(Cl)Cc1ccccc1. The van der Waals surface area contributed by atoms with Crippen molar-refractivity contribution in [3.8, 4) is 0 Å². The predicted molar refractivity (Wildman–Crippen MR) is 58.6 cm³/mol. The molecule has 0 amide bonds. The number of halogens is 1. The van der Waals surface area contributed by atoms with Crippen molar-refractivity contribution in [1.29, 1.82) is 0 Å². The molecule has 0 saturated heterocycles. The molecule has 1 aromatic carbocycles. The van der Waals surface area contributed by atoms with Crippen molar-refractivity contribution in [2.75, 3.05) is 0 Å². The zero-order chi connectivity index (χ0) is 9.68. The number of benzene rings is 1. The second-order valence-electron chi connectivity index (χ2n) is 3.26. The fourth-order valence-electron chi connectivity index (χ4n) is 1.09. The monoisotopic (exact) mass is 195 g/mol. The number of aliphatic imine (C=N–C) groups is 1. The van der Waals surface area contributed by atoms with Gasteiger partial charge in [0.2, 0.25) is 0 Å². The zero-order valence-corrected chi connectivity index (χ0v) is 8.75. The topological polar surface area (TPSA) is 12.4 Å². The van der Waals surface area contributed by atoms with Crippen LogP contribution in [0.5, 0.6) is 0 Å². The van der Waals surface area contributed by atoms with Gasteiger partial charge in [0.25, 0.3) is 0 Å². The normalized spacial score (nSPS) is 12.2. The molecular weight excluding hydrogens is 182 g/mol. The van der Waals surface area contributed by atoms with Crippen LogP contribution in [-0.2, 0) is 6.42 Å². The summed E-state index contributed by atoms with van der Waals surface area (Å²) in [6.07, 6.45) is 0.737. The lowest BCUT2D eigenvalue weighted by Gasteiger charge is -2.01. The van der Waals surface area contributed by atoms with Crippen molar-refractivity contribution in [2.24, 2.45) is 4.99 Å². The molecule has 0 aliphatic carbocycles. The van der Waals surface area contributed by atoms with E-state index in [1.807, 2.05) is 32.0 Å². The molecule has 1 nitrogen and oxygen atoms in total. The first-order chi connectivity index (χ1) is 6.18. The van der Waals surface area contributed by atoms with Crippen molar-refractivity contribution in [1.82, 2.24) is 0 Å². The number of rotatable bonds is 3. The highest BCUT2D eigenvalue weighted by molar-refractivity contribution is 6.65. The van der Waals surface area contributed by atoms with Crippen LogP contribution in [-0.4, -0.2) is 11.2 Å². The minimum absolute atomic E-state index is 0.274.